The lowest BCUT2D eigenvalue weighted by Crippen LogP contribution is -2.35. The number of benzene rings is 1. The molecule has 1 heterocycles. The van der Waals surface area contributed by atoms with E-state index < -0.39 is 0 Å². The summed E-state index contributed by atoms with van der Waals surface area (Å²) in [5, 5.41) is 3.05. The first-order valence-corrected chi connectivity index (χ1v) is 8.78. The van der Waals surface area contributed by atoms with Gasteiger partial charge in [0.1, 0.15) is 18.1 Å². The Hall–Kier alpha value is -1.75. The van der Waals surface area contributed by atoms with E-state index in [0.29, 0.717) is 18.1 Å². The van der Waals surface area contributed by atoms with Gasteiger partial charge in [0.25, 0.3) is 5.91 Å². The van der Waals surface area contributed by atoms with Crippen molar-refractivity contribution in [2.75, 3.05) is 0 Å². The molecule has 1 aromatic carbocycles. The van der Waals surface area contributed by atoms with Gasteiger partial charge >= 0.3 is 0 Å². The number of carbonyl (C=O) groups excluding carboxylic acids is 1. The zero-order valence-electron chi connectivity index (χ0n) is 12.9. The van der Waals surface area contributed by atoms with E-state index in [4.69, 9.17) is 9.15 Å². The Morgan fingerprint density at radius 2 is 1.96 bits per heavy atom. The van der Waals surface area contributed by atoms with Crippen molar-refractivity contribution in [1.82, 2.24) is 5.32 Å². The van der Waals surface area contributed by atoms with Gasteiger partial charge in [-0.3, -0.25) is 4.79 Å². The van der Waals surface area contributed by atoms with Gasteiger partial charge in [-0.1, -0.05) is 31.4 Å². The molecule has 1 N–H and O–H groups in total. The largest absolute Gasteiger partial charge is 0.484 e. The van der Waals surface area contributed by atoms with Crippen molar-refractivity contribution in [3.05, 3.63) is 52.4 Å². The summed E-state index contributed by atoms with van der Waals surface area (Å²) >= 11 is 3.43. The fourth-order valence-corrected chi connectivity index (χ4v) is 3.19. The summed E-state index contributed by atoms with van der Waals surface area (Å²) in [6, 6.07) is 11.4. The lowest BCUT2D eigenvalue weighted by atomic mass is 9.95. The smallest absolute Gasteiger partial charge is 0.287 e. The second kappa shape index (κ2) is 7.68. The summed E-state index contributed by atoms with van der Waals surface area (Å²) in [6.07, 6.45) is 5.76. The summed E-state index contributed by atoms with van der Waals surface area (Å²) in [7, 11) is 0. The Balaban J connectivity index is 1.55. The summed E-state index contributed by atoms with van der Waals surface area (Å²) < 4.78 is 12.2. The van der Waals surface area contributed by atoms with Crippen LogP contribution in [-0.2, 0) is 6.61 Å². The molecule has 122 valence electrons. The number of rotatable bonds is 5. The number of amides is 1. The Bertz CT molecular complexity index is 662. The average Bonchev–Trinajstić information content (AvgIpc) is 3.04. The molecule has 1 saturated carbocycles. The van der Waals surface area contributed by atoms with E-state index in [0.717, 1.165) is 23.1 Å². The van der Waals surface area contributed by atoms with Crippen LogP contribution in [0.5, 0.6) is 5.75 Å². The maximum Gasteiger partial charge on any atom is 0.287 e. The molecule has 4 nitrogen and oxygen atoms in total. The van der Waals surface area contributed by atoms with Crippen LogP contribution in [0.4, 0.5) is 0 Å². The second-order valence-electron chi connectivity index (χ2n) is 5.79. The quantitative estimate of drug-likeness (QED) is 0.822. The van der Waals surface area contributed by atoms with Crippen molar-refractivity contribution >= 4 is 21.8 Å². The highest BCUT2D eigenvalue weighted by atomic mass is 79.9. The average molecular weight is 378 g/mol. The fraction of sp³-hybridized carbons (Fsp3) is 0.389. The lowest BCUT2D eigenvalue weighted by Gasteiger charge is -2.22. The van der Waals surface area contributed by atoms with E-state index in [2.05, 4.69) is 21.2 Å². The van der Waals surface area contributed by atoms with Gasteiger partial charge in [-0.15, -0.1) is 0 Å². The van der Waals surface area contributed by atoms with Crippen molar-refractivity contribution < 1.29 is 13.9 Å². The summed E-state index contributed by atoms with van der Waals surface area (Å²) in [6.45, 7) is 0.291. The molecule has 1 amide bonds. The molecule has 1 aliphatic carbocycles. The van der Waals surface area contributed by atoms with E-state index in [-0.39, 0.29) is 11.9 Å². The normalized spacial score (nSPS) is 15.3. The molecule has 3 rings (SSSR count). The molecule has 0 radical (unpaired) electrons. The predicted molar refractivity (Wildman–Crippen MR) is 91.5 cm³/mol. The Kier molecular flexibility index (Phi) is 5.39. The Morgan fingerprint density at radius 1 is 1.17 bits per heavy atom. The molecule has 1 fully saturated rings. The molecular weight excluding hydrogens is 358 g/mol. The molecule has 0 saturated heterocycles. The first kappa shape index (κ1) is 16.1. The maximum atomic E-state index is 12.2. The number of furan rings is 1. The minimum Gasteiger partial charge on any atom is -0.484 e. The molecule has 23 heavy (non-hydrogen) atoms. The maximum absolute atomic E-state index is 12.2. The lowest BCUT2D eigenvalue weighted by molar-refractivity contribution is 0.0895. The fourth-order valence-electron chi connectivity index (χ4n) is 2.79. The molecular formula is C18H20BrNO3. The number of para-hydroxylation sites is 1. The minimum atomic E-state index is -0.135. The number of hydrogen-bond acceptors (Lipinski definition) is 3. The monoisotopic (exact) mass is 377 g/mol. The molecule has 0 spiro atoms. The van der Waals surface area contributed by atoms with Crippen LogP contribution in [0.15, 0.2) is 45.3 Å². The molecule has 0 atom stereocenters. The Labute approximate surface area is 144 Å². The van der Waals surface area contributed by atoms with Crippen LogP contribution >= 0.6 is 15.9 Å². The van der Waals surface area contributed by atoms with Crippen LogP contribution < -0.4 is 10.1 Å². The third-order valence-electron chi connectivity index (χ3n) is 4.03. The number of ether oxygens (including phenoxy) is 1. The van der Waals surface area contributed by atoms with E-state index in [1.165, 1.54) is 19.3 Å². The number of halogens is 1. The molecule has 0 aliphatic heterocycles. The topological polar surface area (TPSA) is 51.5 Å². The van der Waals surface area contributed by atoms with Crippen LogP contribution in [0.25, 0.3) is 0 Å². The highest BCUT2D eigenvalue weighted by Crippen LogP contribution is 2.25. The van der Waals surface area contributed by atoms with E-state index in [1.54, 1.807) is 12.1 Å². The van der Waals surface area contributed by atoms with Crippen LogP contribution in [0.1, 0.15) is 48.4 Å². The second-order valence-corrected chi connectivity index (χ2v) is 6.65. The Morgan fingerprint density at radius 3 is 2.74 bits per heavy atom. The van der Waals surface area contributed by atoms with Crippen LogP contribution in [0.3, 0.4) is 0 Å². The summed E-state index contributed by atoms with van der Waals surface area (Å²) in [5.74, 6) is 1.59. The van der Waals surface area contributed by atoms with Gasteiger partial charge < -0.3 is 14.5 Å². The van der Waals surface area contributed by atoms with Crippen molar-refractivity contribution in [3.8, 4) is 5.75 Å². The molecule has 0 unspecified atom stereocenters. The summed E-state index contributed by atoms with van der Waals surface area (Å²) in [5.41, 5.74) is 0. The van der Waals surface area contributed by atoms with Gasteiger partial charge in [0, 0.05) is 6.04 Å². The zero-order chi connectivity index (χ0) is 16.1. The number of hydrogen-bond donors (Lipinski definition) is 1. The number of carbonyl (C=O) groups is 1. The van der Waals surface area contributed by atoms with Crippen molar-refractivity contribution in [2.24, 2.45) is 0 Å². The van der Waals surface area contributed by atoms with Crippen LogP contribution in [-0.4, -0.2) is 11.9 Å². The van der Waals surface area contributed by atoms with Gasteiger partial charge in [0.2, 0.25) is 0 Å². The number of nitrogens with one attached hydrogen (secondary N) is 1. The van der Waals surface area contributed by atoms with Gasteiger partial charge in [0.15, 0.2) is 5.76 Å². The van der Waals surface area contributed by atoms with Gasteiger partial charge in [-0.05, 0) is 53.0 Å². The molecule has 2 aromatic rings. The third kappa shape index (κ3) is 4.38. The first-order valence-electron chi connectivity index (χ1n) is 7.99. The van der Waals surface area contributed by atoms with Crippen LogP contribution in [0, 0.1) is 0 Å². The van der Waals surface area contributed by atoms with Gasteiger partial charge in [0.05, 0.1) is 4.47 Å². The summed E-state index contributed by atoms with van der Waals surface area (Å²) in [4.78, 5) is 12.2. The third-order valence-corrected chi connectivity index (χ3v) is 4.69. The zero-order valence-corrected chi connectivity index (χ0v) is 14.5. The molecule has 5 heteroatoms. The van der Waals surface area contributed by atoms with Crippen LogP contribution in [0.2, 0.25) is 0 Å². The molecule has 1 aromatic heterocycles. The predicted octanol–water partition coefficient (Wildman–Crippen LogP) is 4.68. The van der Waals surface area contributed by atoms with Crippen molar-refractivity contribution in [3.63, 3.8) is 0 Å². The van der Waals surface area contributed by atoms with E-state index in [9.17, 15) is 4.79 Å². The van der Waals surface area contributed by atoms with E-state index >= 15 is 0 Å². The van der Waals surface area contributed by atoms with E-state index in [1.807, 2.05) is 24.3 Å². The highest BCUT2D eigenvalue weighted by Gasteiger charge is 2.18. The SMILES string of the molecule is O=C(NC1CCCCC1)c1ccc(COc2ccccc2Br)o1. The molecule has 0 bridgehead atoms. The minimum absolute atomic E-state index is 0.135. The van der Waals surface area contributed by atoms with Crippen molar-refractivity contribution in [1.29, 1.82) is 0 Å². The highest BCUT2D eigenvalue weighted by molar-refractivity contribution is 9.10. The molecule has 1 aliphatic rings. The van der Waals surface area contributed by atoms with Gasteiger partial charge in [-0.25, -0.2) is 0 Å². The first-order chi connectivity index (χ1) is 11.2. The van der Waals surface area contributed by atoms with Crippen molar-refractivity contribution in [2.45, 2.75) is 44.8 Å². The standard InChI is InChI=1S/C18H20BrNO3/c19-15-8-4-5-9-16(15)22-12-14-10-11-17(23-14)18(21)20-13-6-2-1-3-7-13/h4-5,8-11,13H,1-3,6-7,12H2,(H,20,21). The van der Waals surface area contributed by atoms with Gasteiger partial charge in [-0.2, -0.15) is 0 Å².